The number of para-hydroxylation sites is 1. The van der Waals surface area contributed by atoms with Crippen molar-refractivity contribution in [2.24, 2.45) is 7.05 Å². The number of fused-ring (bicyclic) bond motifs is 1. The van der Waals surface area contributed by atoms with Crippen LogP contribution >= 0.6 is 23.1 Å². The standard InChI is InChI=1S/C15H12N4OS2/c1-19-14(11-6-4-8-20-11)17-18-15(19)21-9-13-16-10-5-2-3-7-12(10)22-13/h2-8H,9H2,1H3. The third kappa shape index (κ3) is 2.42. The van der Waals surface area contributed by atoms with E-state index in [2.05, 4.69) is 21.2 Å². The number of aromatic nitrogens is 4. The predicted molar refractivity (Wildman–Crippen MR) is 87.9 cm³/mol. The second-order valence-corrected chi connectivity index (χ2v) is 6.76. The van der Waals surface area contributed by atoms with E-state index in [9.17, 15) is 0 Å². The number of benzene rings is 1. The van der Waals surface area contributed by atoms with E-state index in [-0.39, 0.29) is 0 Å². The fourth-order valence-electron chi connectivity index (χ4n) is 2.17. The Morgan fingerprint density at radius 2 is 2.09 bits per heavy atom. The molecular formula is C15H12N4OS2. The van der Waals surface area contributed by atoms with E-state index < -0.39 is 0 Å². The van der Waals surface area contributed by atoms with Gasteiger partial charge in [0.2, 0.25) is 0 Å². The molecule has 22 heavy (non-hydrogen) atoms. The Labute approximate surface area is 135 Å². The third-order valence-corrected chi connectivity index (χ3v) is 5.49. The summed E-state index contributed by atoms with van der Waals surface area (Å²) in [7, 11) is 1.94. The minimum absolute atomic E-state index is 0.724. The Balaban J connectivity index is 1.54. The molecule has 0 bridgehead atoms. The summed E-state index contributed by atoms with van der Waals surface area (Å²) < 4.78 is 8.53. The molecule has 0 atom stereocenters. The van der Waals surface area contributed by atoms with Gasteiger partial charge >= 0.3 is 0 Å². The maximum atomic E-state index is 5.37. The summed E-state index contributed by atoms with van der Waals surface area (Å²) in [5, 5.41) is 10.4. The van der Waals surface area contributed by atoms with Crippen LogP contribution in [0.3, 0.4) is 0 Å². The van der Waals surface area contributed by atoms with Crippen molar-refractivity contribution >= 4 is 33.3 Å². The monoisotopic (exact) mass is 328 g/mol. The number of furan rings is 1. The highest BCUT2D eigenvalue weighted by Gasteiger charge is 2.14. The zero-order chi connectivity index (χ0) is 14.9. The molecule has 0 saturated carbocycles. The Kier molecular flexibility index (Phi) is 3.44. The van der Waals surface area contributed by atoms with Crippen molar-refractivity contribution in [1.82, 2.24) is 19.7 Å². The topological polar surface area (TPSA) is 56.7 Å². The number of rotatable bonds is 4. The highest BCUT2D eigenvalue weighted by Crippen LogP contribution is 2.29. The number of thiazole rings is 1. The van der Waals surface area contributed by atoms with Crippen molar-refractivity contribution in [3.63, 3.8) is 0 Å². The first-order valence-electron chi connectivity index (χ1n) is 6.72. The Morgan fingerprint density at radius 3 is 2.91 bits per heavy atom. The second-order valence-electron chi connectivity index (χ2n) is 4.71. The first-order chi connectivity index (χ1) is 10.8. The van der Waals surface area contributed by atoms with Crippen LogP contribution in [0.2, 0.25) is 0 Å². The summed E-state index contributed by atoms with van der Waals surface area (Å²) in [5.41, 5.74) is 1.05. The van der Waals surface area contributed by atoms with Gasteiger partial charge in [-0.3, -0.25) is 0 Å². The van der Waals surface area contributed by atoms with Gasteiger partial charge in [0, 0.05) is 7.05 Å². The highest BCUT2D eigenvalue weighted by molar-refractivity contribution is 7.98. The van der Waals surface area contributed by atoms with Crippen LogP contribution in [0.25, 0.3) is 21.8 Å². The summed E-state index contributed by atoms with van der Waals surface area (Å²) >= 11 is 3.35. The summed E-state index contributed by atoms with van der Waals surface area (Å²) in [4.78, 5) is 4.64. The Hall–Kier alpha value is -2.12. The van der Waals surface area contributed by atoms with Crippen molar-refractivity contribution in [2.75, 3.05) is 0 Å². The summed E-state index contributed by atoms with van der Waals surface area (Å²) in [6, 6.07) is 11.9. The van der Waals surface area contributed by atoms with E-state index in [1.807, 2.05) is 41.9 Å². The van der Waals surface area contributed by atoms with Gasteiger partial charge in [-0.1, -0.05) is 23.9 Å². The van der Waals surface area contributed by atoms with Crippen molar-refractivity contribution in [3.05, 3.63) is 47.7 Å². The first kappa shape index (κ1) is 13.5. The van der Waals surface area contributed by atoms with Gasteiger partial charge in [0.05, 0.1) is 22.2 Å². The quantitative estimate of drug-likeness (QED) is 0.530. The van der Waals surface area contributed by atoms with Gasteiger partial charge in [-0.25, -0.2) is 4.98 Å². The molecule has 0 fully saturated rings. The predicted octanol–water partition coefficient (Wildman–Crippen LogP) is 3.98. The van der Waals surface area contributed by atoms with Crippen LogP contribution in [0, 0.1) is 0 Å². The Bertz CT molecular complexity index is 878. The zero-order valence-electron chi connectivity index (χ0n) is 11.8. The fraction of sp³-hybridized carbons (Fsp3) is 0.133. The van der Waals surface area contributed by atoms with Gasteiger partial charge in [0.25, 0.3) is 0 Å². The number of hydrogen-bond acceptors (Lipinski definition) is 6. The smallest absolute Gasteiger partial charge is 0.200 e. The molecule has 0 radical (unpaired) electrons. The van der Waals surface area contributed by atoms with Crippen LogP contribution in [0.5, 0.6) is 0 Å². The van der Waals surface area contributed by atoms with Gasteiger partial charge in [-0.15, -0.1) is 21.5 Å². The molecule has 3 heterocycles. The van der Waals surface area contributed by atoms with E-state index >= 15 is 0 Å². The molecule has 0 aliphatic heterocycles. The molecule has 0 amide bonds. The normalized spacial score (nSPS) is 11.3. The lowest BCUT2D eigenvalue weighted by atomic mass is 10.3. The van der Waals surface area contributed by atoms with Gasteiger partial charge < -0.3 is 8.98 Å². The third-order valence-electron chi connectivity index (χ3n) is 3.24. The molecule has 1 aromatic carbocycles. The molecule has 0 saturated heterocycles. The van der Waals surface area contributed by atoms with E-state index in [1.54, 1.807) is 29.4 Å². The molecule has 3 aromatic heterocycles. The lowest BCUT2D eigenvalue weighted by Gasteiger charge is -2.00. The molecule has 0 spiro atoms. The van der Waals surface area contributed by atoms with E-state index in [0.717, 1.165) is 33.0 Å². The molecule has 0 N–H and O–H groups in total. The molecule has 110 valence electrons. The average molecular weight is 328 g/mol. The zero-order valence-corrected chi connectivity index (χ0v) is 13.4. The fourth-order valence-corrected chi connectivity index (χ4v) is 4.04. The Morgan fingerprint density at radius 1 is 1.18 bits per heavy atom. The van der Waals surface area contributed by atoms with Gasteiger partial charge in [-0.2, -0.15) is 0 Å². The first-order valence-corrected chi connectivity index (χ1v) is 8.52. The largest absolute Gasteiger partial charge is 0.461 e. The van der Waals surface area contributed by atoms with Crippen molar-refractivity contribution in [1.29, 1.82) is 0 Å². The molecular weight excluding hydrogens is 316 g/mol. The maximum Gasteiger partial charge on any atom is 0.200 e. The SMILES string of the molecule is Cn1c(SCc2nc3ccccc3s2)nnc1-c1ccco1. The molecule has 4 aromatic rings. The van der Waals surface area contributed by atoms with Crippen LogP contribution in [-0.4, -0.2) is 19.7 Å². The minimum atomic E-state index is 0.724. The van der Waals surface area contributed by atoms with Crippen LogP contribution in [0.4, 0.5) is 0 Å². The van der Waals surface area contributed by atoms with E-state index in [1.165, 1.54) is 4.70 Å². The average Bonchev–Trinajstić information content (AvgIpc) is 3.24. The van der Waals surface area contributed by atoms with Crippen LogP contribution in [-0.2, 0) is 12.8 Å². The molecule has 0 aliphatic carbocycles. The van der Waals surface area contributed by atoms with Crippen LogP contribution < -0.4 is 0 Å². The molecule has 4 rings (SSSR count). The van der Waals surface area contributed by atoms with Crippen molar-refractivity contribution in [3.8, 4) is 11.6 Å². The summed E-state index contributed by atoms with van der Waals surface area (Å²) in [6.07, 6.45) is 1.64. The maximum absolute atomic E-state index is 5.37. The molecule has 5 nitrogen and oxygen atoms in total. The van der Waals surface area contributed by atoms with Crippen molar-refractivity contribution < 1.29 is 4.42 Å². The van der Waals surface area contributed by atoms with Gasteiger partial charge in [0.1, 0.15) is 5.01 Å². The summed E-state index contributed by atoms with van der Waals surface area (Å²) in [5.74, 6) is 2.24. The summed E-state index contributed by atoms with van der Waals surface area (Å²) in [6.45, 7) is 0. The molecule has 0 unspecified atom stereocenters. The molecule has 0 aliphatic rings. The number of nitrogens with zero attached hydrogens (tertiary/aromatic N) is 4. The van der Waals surface area contributed by atoms with Crippen molar-refractivity contribution in [2.45, 2.75) is 10.9 Å². The van der Waals surface area contributed by atoms with E-state index in [0.29, 0.717) is 0 Å². The minimum Gasteiger partial charge on any atom is -0.461 e. The van der Waals surface area contributed by atoms with Crippen LogP contribution in [0.1, 0.15) is 5.01 Å². The second kappa shape index (κ2) is 5.58. The number of hydrogen-bond donors (Lipinski definition) is 0. The van der Waals surface area contributed by atoms with E-state index in [4.69, 9.17) is 4.42 Å². The van der Waals surface area contributed by atoms with Gasteiger partial charge in [-0.05, 0) is 24.3 Å². The van der Waals surface area contributed by atoms with Crippen LogP contribution in [0.15, 0.2) is 52.2 Å². The lowest BCUT2D eigenvalue weighted by molar-refractivity contribution is 0.572. The number of thioether (sulfide) groups is 1. The van der Waals surface area contributed by atoms with Gasteiger partial charge in [0.15, 0.2) is 16.7 Å². The lowest BCUT2D eigenvalue weighted by Crippen LogP contribution is -1.94. The molecule has 7 heteroatoms. The highest BCUT2D eigenvalue weighted by atomic mass is 32.2.